The Morgan fingerprint density at radius 2 is 1.71 bits per heavy atom. The molecule has 1 fully saturated rings. The van der Waals surface area contributed by atoms with E-state index >= 15 is 0 Å². The molecule has 1 saturated heterocycles. The van der Waals surface area contributed by atoms with Gasteiger partial charge < -0.3 is 14.6 Å². The molecule has 0 bridgehead atoms. The number of methoxy groups -OCH3 is 2. The molecule has 1 aliphatic rings. The number of aryl methyl sites for hydroxylation is 1. The van der Waals surface area contributed by atoms with Crippen LogP contribution in [-0.4, -0.2) is 31.0 Å². The minimum atomic E-state index is -1.05. The highest BCUT2D eigenvalue weighted by atomic mass is 35.5. The molecule has 1 heterocycles. The molecule has 1 aliphatic heterocycles. The summed E-state index contributed by atoms with van der Waals surface area (Å²) in [5.41, 5.74) is 1.47. The molecule has 0 radical (unpaired) electrons. The van der Waals surface area contributed by atoms with Crippen molar-refractivity contribution in [1.82, 2.24) is 0 Å². The molecular formula is C26H21ClFNO5. The van der Waals surface area contributed by atoms with Crippen molar-refractivity contribution in [2.45, 2.75) is 13.0 Å². The van der Waals surface area contributed by atoms with Crippen LogP contribution in [0.5, 0.6) is 11.5 Å². The van der Waals surface area contributed by atoms with Crippen molar-refractivity contribution in [3.8, 4) is 11.5 Å². The minimum Gasteiger partial charge on any atom is -0.507 e. The number of halogens is 2. The number of ether oxygens (including phenoxy) is 2. The molecule has 0 aliphatic carbocycles. The first-order valence-electron chi connectivity index (χ1n) is 10.3. The molecule has 34 heavy (non-hydrogen) atoms. The van der Waals surface area contributed by atoms with Gasteiger partial charge in [-0.1, -0.05) is 29.8 Å². The van der Waals surface area contributed by atoms with Crippen LogP contribution in [0.3, 0.4) is 0 Å². The maximum absolute atomic E-state index is 13.6. The molecule has 1 unspecified atom stereocenters. The number of carbonyl (C=O) groups is 2. The van der Waals surface area contributed by atoms with Gasteiger partial charge in [-0.05, 0) is 55.0 Å². The molecule has 3 aromatic carbocycles. The van der Waals surface area contributed by atoms with Crippen LogP contribution in [0.4, 0.5) is 10.1 Å². The number of aliphatic hydroxyl groups is 1. The Morgan fingerprint density at radius 3 is 2.35 bits per heavy atom. The van der Waals surface area contributed by atoms with Gasteiger partial charge in [0.15, 0.2) is 0 Å². The summed E-state index contributed by atoms with van der Waals surface area (Å²) in [6.07, 6.45) is 0. The lowest BCUT2D eigenvalue weighted by atomic mass is 9.93. The Kier molecular flexibility index (Phi) is 6.30. The fourth-order valence-corrected chi connectivity index (χ4v) is 4.50. The predicted octanol–water partition coefficient (Wildman–Crippen LogP) is 5.43. The van der Waals surface area contributed by atoms with Crippen molar-refractivity contribution >= 4 is 34.7 Å². The summed E-state index contributed by atoms with van der Waals surface area (Å²) < 4.78 is 24.5. The van der Waals surface area contributed by atoms with E-state index in [2.05, 4.69) is 0 Å². The van der Waals surface area contributed by atoms with Gasteiger partial charge in [0.2, 0.25) is 0 Å². The number of carbonyl (C=O) groups excluding carboxylic acids is 2. The number of anilines is 1. The molecular weight excluding hydrogens is 461 g/mol. The normalized spacial score (nSPS) is 17.2. The van der Waals surface area contributed by atoms with Gasteiger partial charge in [-0.2, -0.15) is 0 Å². The molecule has 8 heteroatoms. The van der Waals surface area contributed by atoms with E-state index in [1.54, 1.807) is 43.3 Å². The molecule has 3 aromatic rings. The minimum absolute atomic E-state index is 0.163. The maximum atomic E-state index is 13.6. The number of nitrogens with zero attached hydrogens (tertiary/aromatic N) is 1. The summed E-state index contributed by atoms with van der Waals surface area (Å²) in [6.45, 7) is 1.77. The SMILES string of the molecule is COc1ccccc1C1/C(=C(\O)c2cc(C)cc(Cl)c2OC)C(=O)C(=O)N1c1ccc(F)cc1. The lowest BCUT2D eigenvalue weighted by Gasteiger charge is -2.26. The Labute approximate surface area is 200 Å². The summed E-state index contributed by atoms with van der Waals surface area (Å²) in [7, 11) is 2.86. The molecule has 174 valence electrons. The van der Waals surface area contributed by atoms with Crippen molar-refractivity contribution in [2.24, 2.45) is 0 Å². The third-order valence-electron chi connectivity index (χ3n) is 5.63. The zero-order valence-electron chi connectivity index (χ0n) is 18.6. The van der Waals surface area contributed by atoms with E-state index in [1.807, 2.05) is 0 Å². The second-order valence-corrected chi connectivity index (χ2v) is 8.12. The largest absolute Gasteiger partial charge is 0.507 e. The molecule has 4 rings (SSSR count). The average molecular weight is 482 g/mol. The van der Waals surface area contributed by atoms with Gasteiger partial charge in [-0.15, -0.1) is 0 Å². The highest BCUT2D eigenvalue weighted by Crippen LogP contribution is 2.46. The fraction of sp³-hybridized carbons (Fsp3) is 0.154. The van der Waals surface area contributed by atoms with Gasteiger partial charge in [0, 0.05) is 11.3 Å². The number of para-hydroxylation sites is 1. The fourth-order valence-electron chi connectivity index (χ4n) is 4.14. The van der Waals surface area contributed by atoms with Crippen LogP contribution in [0.15, 0.2) is 66.2 Å². The van der Waals surface area contributed by atoms with Gasteiger partial charge in [-0.25, -0.2) is 4.39 Å². The van der Waals surface area contributed by atoms with Crippen molar-refractivity contribution in [3.05, 3.63) is 93.8 Å². The molecule has 0 saturated carbocycles. The van der Waals surface area contributed by atoms with Crippen molar-refractivity contribution in [3.63, 3.8) is 0 Å². The van der Waals surface area contributed by atoms with Crippen LogP contribution in [-0.2, 0) is 9.59 Å². The maximum Gasteiger partial charge on any atom is 0.300 e. The standard InChI is InChI=1S/C26H21ClFNO5/c1-14-12-18(25(34-3)19(27)13-14)23(30)21-22(17-6-4-5-7-20(17)33-2)29(26(32)24(21)31)16-10-8-15(28)9-11-16/h4-13,22,30H,1-3H3/b23-21+. The summed E-state index contributed by atoms with van der Waals surface area (Å²) in [5.74, 6) is -2.15. The number of amides is 1. The van der Waals surface area contributed by atoms with Crippen LogP contribution in [0, 0.1) is 12.7 Å². The first kappa shape index (κ1) is 23.3. The zero-order valence-corrected chi connectivity index (χ0v) is 19.4. The van der Waals surface area contributed by atoms with E-state index in [0.29, 0.717) is 16.9 Å². The smallest absolute Gasteiger partial charge is 0.300 e. The third-order valence-corrected chi connectivity index (χ3v) is 5.91. The predicted molar refractivity (Wildman–Crippen MR) is 127 cm³/mol. The second kappa shape index (κ2) is 9.19. The third kappa shape index (κ3) is 3.88. The van der Waals surface area contributed by atoms with Gasteiger partial charge in [0.05, 0.1) is 36.4 Å². The Morgan fingerprint density at radius 1 is 1.03 bits per heavy atom. The summed E-state index contributed by atoms with van der Waals surface area (Å²) >= 11 is 6.31. The number of ketones is 1. The highest BCUT2D eigenvalue weighted by molar-refractivity contribution is 6.51. The average Bonchev–Trinajstić information content (AvgIpc) is 3.09. The monoisotopic (exact) mass is 481 g/mol. The van der Waals surface area contributed by atoms with Crippen molar-refractivity contribution in [1.29, 1.82) is 0 Å². The number of hydrogen-bond acceptors (Lipinski definition) is 5. The molecule has 6 nitrogen and oxygen atoms in total. The lowest BCUT2D eigenvalue weighted by molar-refractivity contribution is -0.132. The first-order valence-corrected chi connectivity index (χ1v) is 10.7. The zero-order chi connectivity index (χ0) is 24.6. The molecule has 0 aromatic heterocycles. The van der Waals surface area contributed by atoms with Crippen LogP contribution >= 0.6 is 11.6 Å². The Bertz CT molecular complexity index is 1320. The molecule has 1 atom stereocenters. The lowest BCUT2D eigenvalue weighted by Crippen LogP contribution is -2.29. The number of hydrogen-bond donors (Lipinski definition) is 1. The summed E-state index contributed by atoms with van der Waals surface area (Å²) in [6, 6.07) is 14.3. The highest BCUT2D eigenvalue weighted by Gasteiger charge is 2.48. The Hall–Kier alpha value is -3.84. The van der Waals surface area contributed by atoms with E-state index in [9.17, 15) is 19.1 Å². The molecule has 1 amide bonds. The van der Waals surface area contributed by atoms with Crippen LogP contribution in [0.25, 0.3) is 5.76 Å². The van der Waals surface area contributed by atoms with Gasteiger partial charge >= 0.3 is 0 Å². The topological polar surface area (TPSA) is 76.1 Å². The summed E-state index contributed by atoms with van der Waals surface area (Å²) in [5, 5.41) is 11.7. The van der Waals surface area contributed by atoms with E-state index < -0.39 is 29.3 Å². The van der Waals surface area contributed by atoms with Gasteiger partial charge in [0.1, 0.15) is 23.1 Å². The van der Waals surface area contributed by atoms with Crippen LogP contribution in [0.1, 0.15) is 22.7 Å². The van der Waals surface area contributed by atoms with Gasteiger partial charge in [-0.3, -0.25) is 14.5 Å². The number of Topliss-reactive ketones (excluding diaryl/α,β-unsaturated/α-hetero) is 1. The number of rotatable bonds is 5. The number of aliphatic hydroxyl groups excluding tert-OH is 1. The number of benzene rings is 3. The quantitative estimate of drug-likeness (QED) is 0.299. The van der Waals surface area contributed by atoms with Crippen LogP contribution < -0.4 is 14.4 Å². The van der Waals surface area contributed by atoms with E-state index in [0.717, 1.165) is 0 Å². The van der Waals surface area contributed by atoms with Crippen molar-refractivity contribution < 1.29 is 28.6 Å². The molecule has 1 N–H and O–H groups in total. The summed E-state index contributed by atoms with van der Waals surface area (Å²) in [4.78, 5) is 27.8. The van der Waals surface area contributed by atoms with E-state index in [4.69, 9.17) is 21.1 Å². The molecule has 0 spiro atoms. The first-order chi connectivity index (χ1) is 16.3. The second-order valence-electron chi connectivity index (χ2n) is 7.72. The van der Waals surface area contributed by atoms with E-state index in [-0.39, 0.29) is 27.6 Å². The van der Waals surface area contributed by atoms with Crippen molar-refractivity contribution in [2.75, 3.05) is 19.1 Å². The van der Waals surface area contributed by atoms with Gasteiger partial charge in [0.25, 0.3) is 11.7 Å². The van der Waals surface area contributed by atoms with E-state index in [1.165, 1.54) is 43.4 Å². The Balaban J connectivity index is 2.04. The van der Waals surface area contributed by atoms with Crippen LogP contribution in [0.2, 0.25) is 5.02 Å².